The van der Waals surface area contributed by atoms with Crippen LogP contribution in [0.1, 0.15) is 38.8 Å². The molecule has 0 aromatic heterocycles. The van der Waals surface area contributed by atoms with E-state index in [9.17, 15) is 17.4 Å². The molecule has 2 aromatic carbocycles. The van der Waals surface area contributed by atoms with Gasteiger partial charge in [-0.1, -0.05) is 30.3 Å². The maximum atomic E-state index is 12.7. The fourth-order valence-electron chi connectivity index (χ4n) is 2.09. The average molecular weight is 367 g/mol. The lowest BCUT2D eigenvalue weighted by atomic mass is 10.0. The summed E-state index contributed by atoms with van der Waals surface area (Å²) in [7, 11) is -1.37. The van der Waals surface area contributed by atoms with Crippen molar-refractivity contribution in [2.45, 2.75) is 38.6 Å². The van der Waals surface area contributed by atoms with Crippen molar-refractivity contribution in [1.82, 2.24) is 0 Å². The van der Waals surface area contributed by atoms with Crippen molar-refractivity contribution >= 4 is 16.7 Å². The van der Waals surface area contributed by atoms with Crippen LogP contribution in [0, 0.1) is 0 Å². The maximum Gasteiger partial charge on any atom is 0.416 e. The van der Waals surface area contributed by atoms with Gasteiger partial charge in [0.1, 0.15) is 11.0 Å². The molecule has 0 heterocycles. The first-order chi connectivity index (χ1) is 11.5. The van der Waals surface area contributed by atoms with E-state index in [1.54, 1.807) is 13.0 Å². The minimum absolute atomic E-state index is 0.452. The smallest absolute Gasteiger partial charge is 0.234 e. The van der Waals surface area contributed by atoms with E-state index in [1.165, 1.54) is 12.1 Å². The Kier molecular flexibility index (Phi) is 5.52. The molecule has 6 heteroatoms. The molecule has 1 atom stereocenters. The van der Waals surface area contributed by atoms with Crippen LogP contribution >= 0.6 is 0 Å². The van der Waals surface area contributed by atoms with Crippen molar-refractivity contribution in [2.24, 2.45) is 4.40 Å². The first-order valence-electron chi connectivity index (χ1n) is 7.74. The summed E-state index contributed by atoms with van der Waals surface area (Å²) in [5, 5.41) is 0. The summed E-state index contributed by atoms with van der Waals surface area (Å²) in [6.07, 6.45) is -4.35. The van der Waals surface area contributed by atoms with Crippen molar-refractivity contribution in [1.29, 1.82) is 0 Å². The van der Waals surface area contributed by atoms with Gasteiger partial charge in [-0.05, 0) is 62.6 Å². The predicted octanol–water partition coefficient (Wildman–Crippen LogP) is 5.64. The summed E-state index contributed by atoms with van der Waals surface area (Å²) in [5.74, 6) is 0. The minimum atomic E-state index is -4.35. The Hall–Kier alpha value is -1.95. The summed E-state index contributed by atoms with van der Waals surface area (Å²) >= 11 is 0. The van der Waals surface area contributed by atoms with Crippen molar-refractivity contribution < 1.29 is 17.4 Å². The molecule has 0 spiro atoms. The summed E-state index contributed by atoms with van der Waals surface area (Å²) in [4.78, 5) is 0. The Bertz CT molecular complexity index is 803. The Morgan fingerprint density at radius 3 is 2.08 bits per heavy atom. The molecule has 0 bridgehead atoms. The first kappa shape index (κ1) is 19.4. The monoisotopic (exact) mass is 367 g/mol. The molecule has 0 aliphatic carbocycles. The SMILES string of the molecule is CC(=N[S@@](=O)C(C)(C)C)c1cccc(-c2ccc(C(F)(F)F)cc2)c1. The minimum Gasteiger partial charge on any atom is -0.234 e. The van der Waals surface area contributed by atoms with Gasteiger partial charge in [-0.3, -0.25) is 0 Å². The van der Waals surface area contributed by atoms with Crippen LogP contribution in [0.5, 0.6) is 0 Å². The number of hydrogen-bond donors (Lipinski definition) is 0. The van der Waals surface area contributed by atoms with E-state index in [0.29, 0.717) is 11.3 Å². The Balaban J connectivity index is 2.33. The quantitative estimate of drug-likeness (QED) is 0.645. The van der Waals surface area contributed by atoms with Crippen LogP contribution in [0.3, 0.4) is 0 Å². The van der Waals surface area contributed by atoms with E-state index in [0.717, 1.165) is 23.3 Å². The highest BCUT2D eigenvalue weighted by Gasteiger charge is 2.30. The predicted molar refractivity (Wildman–Crippen MR) is 97.0 cm³/mol. The molecule has 0 saturated heterocycles. The van der Waals surface area contributed by atoms with Gasteiger partial charge >= 0.3 is 6.18 Å². The molecular formula is C19H20F3NOS. The Morgan fingerprint density at radius 1 is 0.960 bits per heavy atom. The van der Waals surface area contributed by atoms with Gasteiger partial charge in [-0.25, -0.2) is 4.21 Å². The number of halogens is 3. The number of alkyl halides is 3. The van der Waals surface area contributed by atoms with E-state index in [1.807, 2.05) is 39.0 Å². The number of rotatable bonds is 3. The second-order valence-corrected chi connectivity index (χ2v) is 8.60. The standard InChI is InChI=1S/C19H20F3NOS/c1-13(23-25(24)18(2,3)4)15-6-5-7-16(12-15)14-8-10-17(11-9-14)19(20,21)22/h5-12H,1-4H3/t25-/m0/s1. The second-order valence-electron chi connectivity index (χ2n) is 6.69. The van der Waals surface area contributed by atoms with Crippen LogP contribution in [0.4, 0.5) is 13.2 Å². The molecule has 0 aliphatic rings. The van der Waals surface area contributed by atoms with Gasteiger partial charge in [0, 0.05) is 0 Å². The number of benzene rings is 2. The summed E-state index contributed by atoms with van der Waals surface area (Å²) < 4.78 is 53.9. The number of nitrogens with zero attached hydrogens (tertiary/aromatic N) is 1. The van der Waals surface area contributed by atoms with Crippen molar-refractivity contribution in [3.05, 3.63) is 59.7 Å². The lowest BCUT2D eigenvalue weighted by molar-refractivity contribution is -0.137. The molecule has 0 saturated carbocycles. The van der Waals surface area contributed by atoms with Gasteiger partial charge in [0.15, 0.2) is 0 Å². The topological polar surface area (TPSA) is 29.4 Å². The Morgan fingerprint density at radius 2 is 1.56 bits per heavy atom. The van der Waals surface area contributed by atoms with Gasteiger partial charge < -0.3 is 0 Å². The first-order valence-corrected chi connectivity index (χ1v) is 8.84. The largest absolute Gasteiger partial charge is 0.416 e. The molecule has 134 valence electrons. The maximum absolute atomic E-state index is 12.7. The van der Waals surface area contributed by atoms with Crippen LogP contribution in [0.25, 0.3) is 11.1 Å². The van der Waals surface area contributed by atoms with Gasteiger partial charge in [-0.2, -0.15) is 17.6 Å². The molecular weight excluding hydrogens is 347 g/mol. The molecule has 0 N–H and O–H groups in total. The number of hydrogen-bond acceptors (Lipinski definition) is 1. The van der Waals surface area contributed by atoms with Gasteiger partial charge in [0.05, 0.1) is 16.0 Å². The second kappa shape index (κ2) is 7.12. The van der Waals surface area contributed by atoms with Crippen LogP contribution in [-0.4, -0.2) is 14.7 Å². The molecule has 0 fully saturated rings. The normalized spacial score (nSPS) is 14.4. The fraction of sp³-hybridized carbons (Fsp3) is 0.316. The molecule has 0 aliphatic heterocycles. The van der Waals surface area contributed by atoms with Crippen LogP contribution in [0.2, 0.25) is 0 Å². The van der Waals surface area contributed by atoms with Crippen LogP contribution < -0.4 is 0 Å². The molecule has 25 heavy (non-hydrogen) atoms. The third-order valence-electron chi connectivity index (χ3n) is 3.57. The Labute approximate surface area is 148 Å². The van der Waals surface area contributed by atoms with E-state index in [-0.39, 0.29) is 0 Å². The van der Waals surface area contributed by atoms with Crippen molar-refractivity contribution in [3.63, 3.8) is 0 Å². The molecule has 2 nitrogen and oxygen atoms in total. The fourth-order valence-corrected chi connectivity index (χ4v) is 2.72. The van der Waals surface area contributed by atoms with Crippen LogP contribution in [0.15, 0.2) is 52.9 Å². The summed E-state index contributed by atoms with van der Waals surface area (Å²) in [5.41, 5.74) is 2.20. The molecule has 0 amide bonds. The lowest BCUT2D eigenvalue weighted by Gasteiger charge is -2.14. The van der Waals surface area contributed by atoms with Crippen molar-refractivity contribution in [3.8, 4) is 11.1 Å². The highest BCUT2D eigenvalue weighted by Crippen LogP contribution is 2.31. The van der Waals surface area contributed by atoms with Gasteiger partial charge in [0.25, 0.3) is 0 Å². The summed E-state index contributed by atoms with van der Waals surface area (Å²) in [6, 6.07) is 12.3. The van der Waals surface area contributed by atoms with Crippen LogP contribution in [-0.2, 0) is 17.2 Å². The molecule has 2 rings (SSSR count). The van der Waals surface area contributed by atoms with E-state index in [2.05, 4.69) is 4.40 Å². The average Bonchev–Trinajstić information content (AvgIpc) is 2.53. The zero-order valence-electron chi connectivity index (χ0n) is 14.5. The highest BCUT2D eigenvalue weighted by molar-refractivity contribution is 7.85. The zero-order chi connectivity index (χ0) is 18.8. The van der Waals surface area contributed by atoms with Gasteiger partial charge in [-0.15, -0.1) is 0 Å². The molecule has 2 aromatic rings. The van der Waals surface area contributed by atoms with E-state index < -0.39 is 27.5 Å². The lowest BCUT2D eigenvalue weighted by Crippen LogP contribution is -2.20. The zero-order valence-corrected chi connectivity index (χ0v) is 15.3. The third kappa shape index (κ3) is 5.01. The molecule has 0 unspecified atom stereocenters. The van der Waals surface area contributed by atoms with E-state index >= 15 is 0 Å². The third-order valence-corrected chi connectivity index (χ3v) is 5.06. The van der Waals surface area contributed by atoms with E-state index in [4.69, 9.17) is 0 Å². The molecule has 0 radical (unpaired) electrons. The van der Waals surface area contributed by atoms with Crippen molar-refractivity contribution in [2.75, 3.05) is 0 Å². The summed E-state index contributed by atoms with van der Waals surface area (Å²) in [6.45, 7) is 7.31. The highest BCUT2D eigenvalue weighted by atomic mass is 32.2. The van der Waals surface area contributed by atoms with Gasteiger partial charge in [0.2, 0.25) is 0 Å².